The third-order valence-electron chi connectivity index (χ3n) is 7.21. The first-order valence-corrected chi connectivity index (χ1v) is 17.2. The van der Waals surface area contributed by atoms with Gasteiger partial charge in [0.25, 0.3) is 0 Å². The van der Waals surface area contributed by atoms with Gasteiger partial charge in [-0.05, 0) is 0 Å². The Morgan fingerprint density at radius 3 is 0.868 bits per heavy atom. The van der Waals surface area contributed by atoms with Gasteiger partial charge in [0.2, 0.25) is 0 Å². The molecular formula is C36H29GeN. The van der Waals surface area contributed by atoms with Gasteiger partial charge >= 0.3 is 229 Å². The van der Waals surface area contributed by atoms with E-state index in [9.17, 15) is 0 Å². The van der Waals surface area contributed by atoms with Gasteiger partial charge in [-0.15, -0.1) is 0 Å². The zero-order valence-corrected chi connectivity index (χ0v) is 23.3. The second-order valence-corrected chi connectivity index (χ2v) is 17.4. The molecule has 6 rings (SSSR count). The summed E-state index contributed by atoms with van der Waals surface area (Å²) in [6, 6.07) is 64.0. The fourth-order valence-corrected chi connectivity index (χ4v) is 15.5. The molecular weight excluding hydrogens is 519 g/mol. The second-order valence-electron chi connectivity index (χ2n) is 9.40. The molecule has 182 valence electrons. The van der Waals surface area contributed by atoms with Crippen LogP contribution in [0.2, 0.25) is 0 Å². The zero-order valence-electron chi connectivity index (χ0n) is 21.2. The van der Waals surface area contributed by atoms with E-state index in [-0.39, 0.29) is 0 Å². The summed E-state index contributed by atoms with van der Waals surface area (Å²) in [5.74, 6) is 0. The van der Waals surface area contributed by atoms with Crippen LogP contribution in [0.4, 0.5) is 17.1 Å². The van der Waals surface area contributed by atoms with Crippen molar-refractivity contribution in [1.82, 2.24) is 0 Å². The van der Waals surface area contributed by atoms with Crippen LogP contribution < -0.4 is 22.5 Å². The van der Waals surface area contributed by atoms with Gasteiger partial charge in [0.1, 0.15) is 0 Å². The van der Waals surface area contributed by atoms with Crippen molar-refractivity contribution in [3.63, 3.8) is 0 Å². The van der Waals surface area contributed by atoms with Crippen LogP contribution in [-0.4, -0.2) is 13.3 Å². The van der Waals surface area contributed by atoms with Crippen LogP contribution in [0, 0.1) is 0 Å². The standard InChI is InChI=1S/C36H29GeN/c1-6-16-30(17-7-1)37(31-18-8-2-9-19-31,32-20-10-3-11-21-32)33-26-28-36(29-27-33)38(34-22-12-4-13-23-34)35-24-14-5-15-25-35/h1-29H. The molecule has 0 N–H and O–H groups in total. The van der Waals surface area contributed by atoms with E-state index >= 15 is 0 Å². The van der Waals surface area contributed by atoms with E-state index in [1.54, 1.807) is 0 Å². The van der Waals surface area contributed by atoms with Crippen LogP contribution in [-0.2, 0) is 0 Å². The third kappa shape index (κ3) is 4.46. The molecule has 0 amide bonds. The Bertz CT molecular complexity index is 1430. The van der Waals surface area contributed by atoms with E-state index in [0.717, 1.165) is 17.1 Å². The Balaban J connectivity index is 1.56. The summed E-state index contributed by atoms with van der Waals surface area (Å²) >= 11 is -3.26. The summed E-state index contributed by atoms with van der Waals surface area (Å²) in [5.41, 5.74) is 3.44. The molecule has 0 unspecified atom stereocenters. The van der Waals surface area contributed by atoms with Crippen molar-refractivity contribution >= 4 is 47.9 Å². The predicted molar refractivity (Wildman–Crippen MR) is 165 cm³/mol. The van der Waals surface area contributed by atoms with Crippen molar-refractivity contribution in [3.05, 3.63) is 176 Å². The Morgan fingerprint density at radius 1 is 0.263 bits per heavy atom. The summed E-state index contributed by atoms with van der Waals surface area (Å²) in [4.78, 5) is 2.33. The van der Waals surface area contributed by atoms with Gasteiger partial charge in [0.05, 0.1) is 0 Å². The number of rotatable bonds is 7. The van der Waals surface area contributed by atoms with Crippen molar-refractivity contribution in [1.29, 1.82) is 0 Å². The van der Waals surface area contributed by atoms with E-state index in [4.69, 9.17) is 0 Å². The van der Waals surface area contributed by atoms with Crippen LogP contribution in [0.3, 0.4) is 0 Å². The monoisotopic (exact) mass is 549 g/mol. The number of hydrogen-bond donors (Lipinski definition) is 0. The third-order valence-corrected chi connectivity index (χ3v) is 17.3. The number of benzene rings is 6. The zero-order chi connectivity index (χ0) is 25.6. The summed E-state index contributed by atoms with van der Waals surface area (Å²) in [7, 11) is 0. The summed E-state index contributed by atoms with van der Waals surface area (Å²) < 4.78 is 5.71. The van der Waals surface area contributed by atoms with E-state index in [1.165, 1.54) is 17.6 Å². The van der Waals surface area contributed by atoms with Crippen LogP contribution in [0.1, 0.15) is 0 Å². The van der Waals surface area contributed by atoms with Gasteiger partial charge in [-0.25, -0.2) is 0 Å². The van der Waals surface area contributed by atoms with Crippen molar-refractivity contribution in [2.45, 2.75) is 0 Å². The summed E-state index contributed by atoms with van der Waals surface area (Å²) in [6.45, 7) is 0. The number of hydrogen-bond acceptors (Lipinski definition) is 1. The van der Waals surface area contributed by atoms with E-state index in [2.05, 4.69) is 181 Å². The van der Waals surface area contributed by atoms with Gasteiger partial charge in [0, 0.05) is 0 Å². The Hall–Kier alpha value is -4.34. The topological polar surface area (TPSA) is 3.24 Å². The molecule has 0 saturated carbocycles. The number of para-hydroxylation sites is 2. The molecule has 0 bridgehead atoms. The molecule has 38 heavy (non-hydrogen) atoms. The molecule has 0 heterocycles. The van der Waals surface area contributed by atoms with Crippen molar-refractivity contribution < 1.29 is 0 Å². The maximum absolute atomic E-state index is 3.26. The molecule has 1 nitrogen and oxygen atoms in total. The summed E-state index contributed by atoms with van der Waals surface area (Å²) in [5, 5.41) is 0. The van der Waals surface area contributed by atoms with Gasteiger partial charge in [-0.1, -0.05) is 0 Å². The first-order valence-electron chi connectivity index (χ1n) is 13.0. The molecule has 6 aromatic carbocycles. The molecule has 0 aliphatic rings. The molecule has 2 heteroatoms. The predicted octanol–water partition coefficient (Wildman–Crippen LogP) is 6.53. The SMILES string of the molecule is c1ccc(N(c2ccccc2)c2cc[c]([Ge]([c]3ccccc3)([c]3ccccc3)[c]3ccccc3)cc2)cc1. The minimum absolute atomic E-state index is 1.15. The Morgan fingerprint density at radius 2 is 0.526 bits per heavy atom. The van der Waals surface area contributed by atoms with Crippen LogP contribution >= 0.6 is 0 Å². The maximum atomic E-state index is 2.38. The Labute approximate surface area is 228 Å². The molecule has 0 aliphatic heterocycles. The average Bonchev–Trinajstić information content (AvgIpc) is 3.01. The Kier molecular flexibility index (Phi) is 6.93. The molecule has 0 atom stereocenters. The number of nitrogens with zero attached hydrogens (tertiary/aromatic N) is 1. The van der Waals surface area contributed by atoms with Gasteiger partial charge in [-0.2, -0.15) is 0 Å². The van der Waals surface area contributed by atoms with Gasteiger partial charge < -0.3 is 0 Å². The van der Waals surface area contributed by atoms with E-state index in [1.807, 2.05) is 0 Å². The molecule has 0 radical (unpaired) electrons. The molecule has 0 spiro atoms. The van der Waals surface area contributed by atoms with Crippen LogP contribution in [0.25, 0.3) is 0 Å². The van der Waals surface area contributed by atoms with Crippen LogP contribution in [0.15, 0.2) is 176 Å². The molecule has 6 aromatic rings. The normalized spacial score (nSPS) is 11.2. The number of anilines is 3. The van der Waals surface area contributed by atoms with E-state index in [0.29, 0.717) is 0 Å². The second kappa shape index (κ2) is 11.0. The molecule has 0 saturated heterocycles. The van der Waals surface area contributed by atoms with Crippen molar-refractivity contribution in [2.75, 3.05) is 4.90 Å². The summed E-state index contributed by atoms with van der Waals surface area (Å²) in [6.07, 6.45) is 0. The average molecular weight is 548 g/mol. The molecule has 0 aliphatic carbocycles. The minimum atomic E-state index is -3.26. The first kappa shape index (κ1) is 24.0. The fraction of sp³-hybridized carbons (Fsp3) is 0. The van der Waals surface area contributed by atoms with Crippen molar-refractivity contribution in [2.24, 2.45) is 0 Å². The molecule has 0 aromatic heterocycles. The van der Waals surface area contributed by atoms with Crippen LogP contribution in [0.5, 0.6) is 0 Å². The van der Waals surface area contributed by atoms with Crippen molar-refractivity contribution in [3.8, 4) is 0 Å². The van der Waals surface area contributed by atoms with Gasteiger partial charge in [-0.3, -0.25) is 0 Å². The van der Waals surface area contributed by atoms with E-state index < -0.39 is 13.3 Å². The fourth-order valence-electron chi connectivity index (χ4n) is 5.53. The van der Waals surface area contributed by atoms with Gasteiger partial charge in [0.15, 0.2) is 0 Å². The molecule has 0 fully saturated rings. The quantitative estimate of drug-likeness (QED) is 0.205. The first-order chi connectivity index (χ1) is 18.9.